The van der Waals surface area contributed by atoms with Crippen LogP contribution in [-0.2, 0) is 11.3 Å². The van der Waals surface area contributed by atoms with E-state index in [0.717, 1.165) is 0 Å². The molecule has 3 rings (SSSR count). The van der Waals surface area contributed by atoms with Crippen LogP contribution < -0.4 is 5.73 Å². The lowest BCUT2D eigenvalue weighted by atomic mass is 9.93. The Labute approximate surface area is 88.7 Å². The number of fused-ring (bicyclic) bond motifs is 3. The molecule has 0 unspecified atom stereocenters. The number of nitrogens with two attached hydrogens (primary N) is 1. The minimum absolute atomic E-state index is 0.0137. The minimum atomic E-state index is 0.0137. The minimum Gasteiger partial charge on any atom is -0.375 e. The van der Waals surface area contributed by atoms with E-state index in [0.29, 0.717) is 13.2 Å². The number of hydrogen-bond acceptors (Lipinski definition) is 2. The van der Waals surface area contributed by atoms with Crippen LogP contribution in [-0.4, -0.2) is 6.61 Å². The predicted molar refractivity (Wildman–Crippen MR) is 60.5 cm³/mol. The summed E-state index contributed by atoms with van der Waals surface area (Å²) in [5, 5.41) is 2.53. The summed E-state index contributed by atoms with van der Waals surface area (Å²) >= 11 is 0. The summed E-state index contributed by atoms with van der Waals surface area (Å²) in [6.07, 6.45) is 0. The maximum absolute atomic E-state index is 6.09. The second-order valence-electron chi connectivity index (χ2n) is 3.98. The van der Waals surface area contributed by atoms with Crippen molar-refractivity contribution >= 4 is 10.8 Å². The molecule has 2 N–H and O–H groups in total. The van der Waals surface area contributed by atoms with Gasteiger partial charge in [-0.05, 0) is 21.9 Å². The van der Waals surface area contributed by atoms with Crippen molar-refractivity contribution in [1.29, 1.82) is 0 Å². The lowest BCUT2D eigenvalue weighted by molar-refractivity contribution is 0.0930. The van der Waals surface area contributed by atoms with Gasteiger partial charge in [-0.15, -0.1) is 0 Å². The summed E-state index contributed by atoms with van der Waals surface area (Å²) in [6.45, 7) is 1.31. The summed E-state index contributed by atoms with van der Waals surface area (Å²) in [5.41, 5.74) is 8.58. The monoisotopic (exact) mass is 199 g/mol. The largest absolute Gasteiger partial charge is 0.375 e. The van der Waals surface area contributed by atoms with Crippen molar-refractivity contribution in [3.8, 4) is 0 Å². The summed E-state index contributed by atoms with van der Waals surface area (Å²) in [4.78, 5) is 0. The SMILES string of the molecule is N[C@H]1COCc2ccc3ccccc3c21. The van der Waals surface area contributed by atoms with E-state index in [9.17, 15) is 0 Å². The third-order valence-electron chi connectivity index (χ3n) is 2.99. The molecule has 0 saturated carbocycles. The van der Waals surface area contributed by atoms with Crippen molar-refractivity contribution in [2.75, 3.05) is 6.61 Å². The van der Waals surface area contributed by atoms with Crippen molar-refractivity contribution in [3.63, 3.8) is 0 Å². The van der Waals surface area contributed by atoms with Gasteiger partial charge < -0.3 is 10.5 Å². The summed E-state index contributed by atoms with van der Waals surface area (Å²) < 4.78 is 5.43. The van der Waals surface area contributed by atoms with Crippen molar-refractivity contribution in [2.24, 2.45) is 5.73 Å². The molecule has 0 saturated heterocycles. The number of ether oxygens (including phenoxy) is 1. The number of benzene rings is 2. The lowest BCUT2D eigenvalue weighted by Gasteiger charge is -2.24. The van der Waals surface area contributed by atoms with Gasteiger partial charge >= 0.3 is 0 Å². The third kappa shape index (κ3) is 1.34. The molecule has 76 valence electrons. The fourth-order valence-electron chi connectivity index (χ4n) is 2.28. The Kier molecular flexibility index (Phi) is 1.97. The molecule has 1 aliphatic rings. The molecular formula is C13H13NO. The van der Waals surface area contributed by atoms with Gasteiger partial charge in [0.2, 0.25) is 0 Å². The van der Waals surface area contributed by atoms with Gasteiger partial charge in [-0.3, -0.25) is 0 Å². The molecule has 0 aliphatic carbocycles. The first-order valence-corrected chi connectivity index (χ1v) is 5.20. The summed E-state index contributed by atoms with van der Waals surface area (Å²) in [5.74, 6) is 0. The summed E-state index contributed by atoms with van der Waals surface area (Å²) in [6, 6.07) is 12.6. The third-order valence-corrected chi connectivity index (χ3v) is 2.99. The van der Waals surface area contributed by atoms with Crippen molar-refractivity contribution in [1.82, 2.24) is 0 Å². The van der Waals surface area contributed by atoms with Gasteiger partial charge in [-0.1, -0.05) is 36.4 Å². The van der Waals surface area contributed by atoms with E-state index in [-0.39, 0.29) is 6.04 Å². The molecule has 0 aromatic heterocycles. The first-order valence-electron chi connectivity index (χ1n) is 5.20. The van der Waals surface area contributed by atoms with Crippen LogP contribution in [0.1, 0.15) is 17.2 Å². The standard InChI is InChI=1S/C13H13NO/c14-12-8-15-7-10-6-5-9-3-1-2-4-11(9)13(10)12/h1-6,12H,7-8,14H2/t12-/m0/s1. The Morgan fingerprint density at radius 1 is 1.13 bits per heavy atom. The van der Waals surface area contributed by atoms with Crippen LogP contribution >= 0.6 is 0 Å². The Morgan fingerprint density at radius 3 is 2.93 bits per heavy atom. The lowest BCUT2D eigenvalue weighted by Crippen LogP contribution is -2.23. The fraction of sp³-hybridized carbons (Fsp3) is 0.231. The second kappa shape index (κ2) is 3.33. The average Bonchev–Trinajstić information content (AvgIpc) is 2.29. The predicted octanol–water partition coefficient (Wildman–Crippen LogP) is 2.37. The molecule has 2 aromatic rings. The van der Waals surface area contributed by atoms with Crippen LogP contribution in [0.4, 0.5) is 0 Å². The molecule has 2 aromatic carbocycles. The molecule has 0 fully saturated rings. The van der Waals surface area contributed by atoms with Gasteiger partial charge in [0.25, 0.3) is 0 Å². The average molecular weight is 199 g/mol. The zero-order valence-corrected chi connectivity index (χ0v) is 8.44. The van der Waals surface area contributed by atoms with Crippen molar-refractivity contribution in [2.45, 2.75) is 12.6 Å². The van der Waals surface area contributed by atoms with Crippen LogP contribution in [0.15, 0.2) is 36.4 Å². The highest BCUT2D eigenvalue weighted by atomic mass is 16.5. The molecule has 15 heavy (non-hydrogen) atoms. The van der Waals surface area contributed by atoms with E-state index in [4.69, 9.17) is 10.5 Å². The van der Waals surface area contributed by atoms with Gasteiger partial charge in [-0.2, -0.15) is 0 Å². The highest BCUT2D eigenvalue weighted by Gasteiger charge is 2.19. The maximum Gasteiger partial charge on any atom is 0.0721 e. The van der Waals surface area contributed by atoms with Crippen molar-refractivity contribution < 1.29 is 4.74 Å². The summed E-state index contributed by atoms with van der Waals surface area (Å²) in [7, 11) is 0. The Hall–Kier alpha value is -1.38. The number of hydrogen-bond donors (Lipinski definition) is 1. The molecule has 0 spiro atoms. The molecule has 1 heterocycles. The molecule has 2 nitrogen and oxygen atoms in total. The van der Waals surface area contributed by atoms with Crippen LogP contribution in [0, 0.1) is 0 Å². The second-order valence-corrected chi connectivity index (χ2v) is 3.98. The fourth-order valence-corrected chi connectivity index (χ4v) is 2.28. The van der Waals surface area contributed by atoms with E-state index in [1.807, 2.05) is 0 Å². The van der Waals surface area contributed by atoms with Crippen LogP contribution in [0.5, 0.6) is 0 Å². The van der Waals surface area contributed by atoms with Gasteiger partial charge in [0.05, 0.1) is 19.3 Å². The van der Waals surface area contributed by atoms with E-state index in [1.54, 1.807) is 0 Å². The van der Waals surface area contributed by atoms with E-state index >= 15 is 0 Å². The molecule has 1 aliphatic heterocycles. The normalized spacial score (nSPS) is 20.2. The van der Waals surface area contributed by atoms with Gasteiger partial charge in [0.1, 0.15) is 0 Å². The van der Waals surface area contributed by atoms with Crippen LogP contribution in [0.3, 0.4) is 0 Å². The Bertz CT molecular complexity index is 507. The molecule has 1 atom stereocenters. The van der Waals surface area contributed by atoms with E-state index in [2.05, 4.69) is 36.4 Å². The van der Waals surface area contributed by atoms with Gasteiger partial charge in [-0.25, -0.2) is 0 Å². The highest BCUT2D eigenvalue weighted by molar-refractivity contribution is 5.87. The van der Waals surface area contributed by atoms with Crippen LogP contribution in [0.2, 0.25) is 0 Å². The maximum atomic E-state index is 6.09. The zero-order valence-electron chi connectivity index (χ0n) is 8.44. The van der Waals surface area contributed by atoms with Crippen LogP contribution in [0.25, 0.3) is 10.8 Å². The molecule has 2 heteroatoms. The Morgan fingerprint density at radius 2 is 2.00 bits per heavy atom. The highest BCUT2D eigenvalue weighted by Crippen LogP contribution is 2.30. The Balaban J connectivity index is 2.35. The van der Waals surface area contributed by atoms with Crippen molar-refractivity contribution in [3.05, 3.63) is 47.5 Å². The zero-order chi connectivity index (χ0) is 10.3. The first kappa shape index (κ1) is 8.89. The van der Waals surface area contributed by atoms with E-state index < -0.39 is 0 Å². The quantitative estimate of drug-likeness (QED) is 0.707. The topological polar surface area (TPSA) is 35.2 Å². The van der Waals surface area contributed by atoms with Gasteiger partial charge in [0, 0.05) is 0 Å². The van der Waals surface area contributed by atoms with Gasteiger partial charge in [0.15, 0.2) is 0 Å². The van der Waals surface area contributed by atoms with E-state index in [1.165, 1.54) is 21.9 Å². The number of rotatable bonds is 0. The molecular weight excluding hydrogens is 186 g/mol. The molecule has 0 bridgehead atoms. The first-order chi connectivity index (χ1) is 7.36. The molecule has 0 amide bonds. The smallest absolute Gasteiger partial charge is 0.0721 e. The molecule has 0 radical (unpaired) electrons.